The Morgan fingerprint density at radius 2 is 2.00 bits per heavy atom. The standard InChI is InChI=1S/C9H7Cl3N2OS/c10-9(11,12)8(15)13-7-5-3-1-2-4-6(5)14-16-7/h1-4,8,13,15H. The predicted octanol–water partition coefficient (Wildman–Crippen LogP) is 3.40. The summed E-state index contributed by atoms with van der Waals surface area (Å²) < 4.78 is 2.42. The molecule has 0 aliphatic heterocycles. The molecule has 0 spiro atoms. The zero-order valence-electron chi connectivity index (χ0n) is 7.82. The van der Waals surface area contributed by atoms with Gasteiger partial charge in [0.05, 0.1) is 5.52 Å². The van der Waals surface area contributed by atoms with Crippen LogP contribution in [0.15, 0.2) is 24.3 Å². The maximum atomic E-state index is 9.59. The molecular weight excluding hydrogens is 291 g/mol. The summed E-state index contributed by atoms with van der Waals surface area (Å²) in [6.45, 7) is 0. The molecule has 1 heterocycles. The molecule has 0 saturated heterocycles. The molecule has 0 bridgehead atoms. The number of nitrogens with one attached hydrogen (secondary N) is 1. The lowest BCUT2D eigenvalue weighted by Crippen LogP contribution is -2.32. The van der Waals surface area contributed by atoms with Gasteiger partial charge >= 0.3 is 0 Å². The molecule has 0 amide bonds. The molecule has 2 aromatic rings. The zero-order chi connectivity index (χ0) is 11.8. The lowest BCUT2D eigenvalue weighted by molar-refractivity contribution is 0.208. The number of aromatic nitrogens is 1. The van der Waals surface area contributed by atoms with E-state index in [9.17, 15) is 5.11 Å². The molecule has 1 aromatic carbocycles. The molecule has 86 valence electrons. The van der Waals surface area contributed by atoms with Crippen LogP contribution < -0.4 is 5.32 Å². The minimum absolute atomic E-state index is 0.675. The molecule has 7 heteroatoms. The number of aliphatic hydroxyl groups excluding tert-OH is 1. The molecular formula is C9H7Cl3N2OS. The molecule has 0 fully saturated rings. The summed E-state index contributed by atoms with van der Waals surface area (Å²) in [6.07, 6.45) is -1.28. The van der Waals surface area contributed by atoms with Gasteiger partial charge < -0.3 is 10.4 Å². The van der Waals surface area contributed by atoms with E-state index in [0.717, 1.165) is 10.9 Å². The van der Waals surface area contributed by atoms with Gasteiger partial charge in [0, 0.05) is 5.39 Å². The lowest BCUT2D eigenvalue weighted by Gasteiger charge is -2.19. The fourth-order valence-electron chi connectivity index (χ4n) is 1.20. The predicted molar refractivity (Wildman–Crippen MR) is 69.5 cm³/mol. The van der Waals surface area contributed by atoms with Gasteiger partial charge in [0.15, 0.2) is 6.23 Å². The fourth-order valence-corrected chi connectivity index (χ4v) is 2.15. The van der Waals surface area contributed by atoms with Crippen LogP contribution in [0.4, 0.5) is 5.00 Å². The van der Waals surface area contributed by atoms with Gasteiger partial charge in [-0.2, -0.15) is 4.37 Å². The molecule has 1 unspecified atom stereocenters. The van der Waals surface area contributed by atoms with Gasteiger partial charge in [0.1, 0.15) is 5.00 Å². The first kappa shape index (κ1) is 12.2. The topological polar surface area (TPSA) is 45.1 Å². The van der Waals surface area contributed by atoms with Crippen LogP contribution in [-0.2, 0) is 0 Å². The Morgan fingerprint density at radius 3 is 2.69 bits per heavy atom. The van der Waals surface area contributed by atoms with Crippen molar-refractivity contribution in [2.24, 2.45) is 0 Å². The zero-order valence-corrected chi connectivity index (χ0v) is 10.9. The van der Waals surface area contributed by atoms with E-state index in [4.69, 9.17) is 34.8 Å². The third kappa shape index (κ3) is 2.52. The highest BCUT2D eigenvalue weighted by molar-refractivity contribution is 7.11. The number of halogens is 3. The summed E-state index contributed by atoms with van der Waals surface area (Å²) in [4.78, 5) is 0. The number of fused-ring (bicyclic) bond motifs is 1. The average molecular weight is 298 g/mol. The van der Waals surface area contributed by atoms with Crippen molar-refractivity contribution >= 4 is 62.2 Å². The summed E-state index contributed by atoms with van der Waals surface area (Å²) in [7, 11) is 0. The van der Waals surface area contributed by atoms with Crippen LogP contribution in [0, 0.1) is 0 Å². The molecule has 0 aliphatic carbocycles. The maximum Gasteiger partial charge on any atom is 0.234 e. The molecule has 1 atom stereocenters. The average Bonchev–Trinajstić information content (AvgIpc) is 2.61. The first-order valence-corrected chi connectivity index (χ1v) is 6.25. The van der Waals surface area contributed by atoms with E-state index >= 15 is 0 Å². The van der Waals surface area contributed by atoms with E-state index in [1.807, 2.05) is 24.3 Å². The second-order valence-electron chi connectivity index (χ2n) is 3.12. The molecule has 0 saturated carbocycles. The van der Waals surface area contributed by atoms with Crippen molar-refractivity contribution < 1.29 is 5.11 Å². The van der Waals surface area contributed by atoms with Crippen LogP contribution >= 0.6 is 46.3 Å². The minimum atomic E-state index is -1.77. The van der Waals surface area contributed by atoms with Gasteiger partial charge in [0.2, 0.25) is 3.79 Å². The normalized spacial score (nSPS) is 14.0. The second-order valence-corrected chi connectivity index (χ2v) is 6.26. The number of rotatable bonds is 2. The lowest BCUT2D eigenvalue weighted by atomic mass is 10.2. The van der Waals surface area contributed by atoms with Crippen LogP contribution in [0.1, 0.15) is 0 Å². The van der Waals surface area contributed by atoms with Crippen molar-refractivity contribution in [3.05, 3.63) is 24.3 Å². The monoisotopic (exact) mass is 296 g/mol. The van der Waals surface area contributed by atoms with Crippen LogP contribution in [0.5, 0.6) is 0 Å². The number of nitrogens with zero attached hydrogens (tertiary/aromatic N) is 1. The van der Waals surface area contributed by atoms with Crippen molar-refractivity contribution in [1.29, 1.82) is 0 Å². The first-order valence-electron chi connectivity index (χ1n) is 4.34. The SMILES string of the molecule is OC(Nc1snc2ccccc12)C(Cl)(Cl)Cl. The number of benzene rings is 1. The molecule has 16 heavy (non-hydrogen) atoms. The highest BCUT2D eigenvalue weighted by Gasteiger charge is 2.31. The molecule has 2 N–H and O–H groups in total. The van der Waals surface area contributed by atoms with E-state index in [0.29, 0.717) is 5.00 Å². The summed E-state index contributed by atoms with van der Waals surface area (Å²) >= 11 is 17.9. The Labute approximate surface area is 111 Å². The minimum Gasteiger partial charge on any atom is -0.369 e. The summed E-state index contributed by atoms with van der Waals surface area (Å²) in [5.41, 5.74) is 0.839. The van der Waals surface area contributed by atoms with Gasteiger partial charge in [-0.1, -0.05) is 46.9 Å². The van der Waals surface area contributed by atoms with Gasteiger partial charge in [-0.25, -0.2) is 0 Å². The highest BCUT2D eigenvalue weighted by atomic mass is 35.6. The van der Waals surface area contributed by atoms with Crippen LogP contribution in [0.3, 0.4) is 0 Å². The van der Waals surface area contributed by atoms with E-state index in [1.165, 1.54) is 11.5 Å². The molecule has 0 radical (unpaired) electrons. The number of hydrogen-bond acceptors (Lipinski definition) is 4. The Kier molecular flexibility index (Phi) is 3.47. The van der Waals surface area contributed by atoms with Gasteiger partial charge in [-0.3, -0.25) is 0 Å². The van der Waals surface area contributed by atoms with Crippen LogP contribution in [0.25, 0.3) is 10.9 Å². The van der Waals surface area contributed by atoms with Crippen LogP contribution in [-0.4, -0.2) is 19.5 Å². The van der Waals surface area contributed by atoms with Crippen molar-refractivity contribution in [3.8, 4) is 0 Å². The van der Waals surface area contributed by atoms with Crippen molar-refractivity contribution in [2.75, 3.05) is 5.32 Å². The van der Waals surface area contributed by atoms with Crippen molar-refractivity contribution in [1.82, 2.24) is 4.37 Å². The number of anilines is 1. The van der Waals surface area contributed by atoms with E-state index in [2.05, 4.69) is 9.69 Å². The van der Waals surface area contributed by atoms with E-state index in [-0.39, 0.29) is 0 Å². The third-order valence-electron chi connectivity index (χ3n) is 1.96. The first-order chi connectivity index (χ1) is 7.48. The van der Waals surface area contributed by atoms with Gasteiger partial charge in [0.25, 0.3) is 0 Å². The summed E-state index contributed by atoms with van der Waals surface area (Å²) in [6, 6.07) is 7.52. The summed E-state index contributed by atoms with van der Waals surface area (Å²) in [5.74, 6) is 0. The maximum absolute atomic E-state index is 9.59. The second kappa shape index (κ2) is 4.55. The van der Waals surface area contributed by atoms with E-state index in [1.54, 1.807) is 0 Å². The quantitative estimate of drug-likeness (QED) is 0.659. The number of alkyl halides is 3. The molecule has 0 aliphatic rings. The Bertz CT molecular complexity index is 497. The third-order valence-corrected chi connectivity index (χ3v) is 3.39. The molecule has 2 rings (SSSR count). The Hall–Kier alpha value is -0.260. The van der Waals surface area contributed by atoms with Crippen LogP contribution in [0.2, 0.25) is 0 Å². The van der Waals surface area contributed by atoms with Crippen molar-refractivity contribution in [2.45, 2.75) is 10.0 Å². The Morgan fingerprint density at radius 1 is 1.31 bits per heavy atom. The molecule has 1 aromatic heterocycles. The smallest absolute Gasteiger partial charge is 0.234 e. The van der Waals surface area contributed by atoms with E-state index < -0.39 is 10.0 Å². The summed E-state index contributed by atoms with van der Waals surface area (Å²) in [5, 5.41) is 13.9. The van der Waals surface area contributed by atoms with Gasteiger partial charge in [-0.15, -0.1) is 0 Å². The highest BCUT2D eigenvalue weighted by Crippen LogP contribution is 2.34. The fraction of sp³-hybridized carbons (Fsp3) is 0.222. The number of hydrogen-bond donors (Lipinski definition) is 2. The number of aliphatic hydroxyl groups is 1. The largest absolute Gasteiger partial charge is 0.369 e. The Balaban J connectivity index is 2.28. The van der Waals surface area contributed by atoms with Gasteiger partial charge in [-0.05, 0) is 23.7 Å². The van der Waals surface area contributed by atoms with Crippen molar-refractivity contribution in [3.63, 3.8) is 0 Å². The molecule has 3 nitrogen and oxygen atoms in total.